The lowest BCUT2D eigenvalue weighted by Crippen LogP contribution is -2.00. The molecular weight excluding hydrogens is 248 g/mol. The van der Waals surface area contributed by atoms with Gasteiger partial charge in [-0.05, 0) is 31.2 Å². The molecule has 0 aromatic carbocycles. The van der Waals surface area contributed by atoms with Gasteiger partial charge in [-0.25, -0.2) is 4.98 Å². The summed E-state index contributed by atoms with van der Waals surface area (Å²) in [5.74, 6) is 1.42. The first-order valence-electron chi connectivity index (χ1n) is 6.21. The van der Waals surface area contributed by atoms with Crippen LogP contribution in [0.5, 0.6) is 0 Å². The van der Waals surface area contributed by atoms with E-state index < -0.39 is 0 Å². The molecule has 2 aromatic heterocycles. The summed E-state index contributed by atoms with van der Waals surface area (Å²) in [6.45, 7) is 4.29. The minimum Gasteiger partial charge on any atom is -0.334 e. The minimum absolute atomic E-state index is 0.403. The standard InChI is InChI=1S/C13H16N2S2/c1-7(2)11-14-12(16)10-8-5-3-4-6-9(8)17-13(10)15-11/h7H,3-6H2,1-2H3,(H,14,15,16). The highest BCUT2D eigenvalue weighted by molar-refractivity contribution is 7.71. The smallest absolute Gasteiger partial charge is 0.128 e. The third-order valence-electron chi connectivity index (χ3n) is 3.39. The van der Waals surface area contributed by atoms with Crippen LogP contribution in [-0.2, 0) is 12.8 Å². The van der Waals surface area contributed by atoms with Crippen LogP contribution in [0.25, 0.3) is 10.2 Å². The van der Waals surface area contributed by atoms with E-state index in [1.807, 2.05) is 11.3 Å². The molecule has 0 saturated carbocycles. The molecule has 1 N–H and O–H groups in total. The summed E-state index contributed by atoms with van der Waals surface area (Å²) in [4.78, 5) is 10.7. The van der Waals surface area contributed by atoms with Crippen LogP contribution >= 0.6 is 23.6 Å². The molecule has 0 saturated heterocycles. The SMILES string of the molecule is CC(C)c1nc2sc3c(c2c(=S)[nH]1)CCCC3. The maximum Gasteiger partial charge on any atom is 0.128 e. The van der Waals surface area contributed by atoms with E-state index in [4.69, 9.17) is 17.2 Å². The Hall–Kier alpha value is -0.740. The van der Waals surface area contributed by atoms with Crippen molar-refractivity contribution < 1.29 is 0 Å². The quantitative estimate of drug-likeness (QED) is 0.775. The number of aryl methyl sites for hydroxylation is 2. The molecule has 2 nitrogen and oxygen atoms in total. The second-order valence-corrected chi connectivity index (χ2v) is 6.49. The molecule has 0 atom stereocenters. The van der Waals surface area contributed by atoms with Gasteiger partial charge in [-0.1, -0.05) is 26.1 Å². The van der Waals surface area contributed by atoms with Gasteiger partial charge < -0.3 is 4.98 Å². The molecule has 0 bridgehead atoms. The summed E-state index contributed by atoms with van der Waals surface area (Å²) in [6.07, 6.45) is 4.99. The fraction of sp³-hybridized carbons (Fsp3) is 0.538. The first-order valence-corrected chi connectivity index (χ1v) is 7.43. The van der Waals surface area contributed by atoms with Crippen molar-refractivity contribution in [3.63, 3.8) is 0 Å². The highest BCUT2D eigenvalue weighted by Gasteiger charge is 2.18. The third-order valence-corrected chi connectivity index (χ3v) is 4.88. The van der Waals surface area contributed by atoms with Crippen LogP contribution < -0.4 is 0 Å². The van der Waals surface area contributed by atoms with E-state index in [-0.39, 0.29) is 0 Å². The number of nitrogens with zero attached hydrogens (tertiary/aromatic N) is 1. The number of aromatic amines is 1. The lowest BCUT2D eigenvalue weighted by Gasteiger charge is -2.10. The van der Waals surface area contributed by atoms with Crippen molar-refractivity contribution in [2.45, 2.75) is 45.4 Å². The largest absolute Gasteiger partial charge is 0.334 e. The van der Waals surface area contributed by atoms with E-state index in [0.29, 0.717) is 5.92 Å². The number of thiophene rings is 1. The van der Waals surface area contributed by atoms with Crippen molar-refractivity contribution in [3.8, 4) is 0 Å². The van der Waals surface area contributed by atoms with Crippen LogP contribution in [0.4, 0.5) is 0 Å². The molecule has 0 unspecified atom stereocenters. The van der Waals surface area contributed by atoms with Crippen molar-refractivity contribution in [1.82, 2.24) is 9.97 Å². The number of rotatable bonds is 1. The molecule has 17 heavy (non-hydrogen) atoms. The van der Waals surface area contributed by atoms with Crippen LogP contribution in [0.15, 0.2) is 0 Å². The molecule has 0 spiro atoms. The predicted molar refractivity (Wildman–Crippen MR) is 75.5 cm³/mol. The highest BCUT2D eigenvalue weighted by atomic mass is 32.1. The summed E-state index contributed by atoms with van der Waals surface area (Å²) < 4.78 is 0.887. The average Bonchev–Trinajstić information content (AvgIpc) is 2.67. The Morgan fingerprint density at radius 3 is 2.82 bits per heavy atom. The van der Waals surface area contributed by atoms with Gasteiger partial charge in [0.2, 0.25) is 0 Å². The van der Waals surface area contributed by atoms with Gasteiger partial charge in [-0.15, -0.1) is 11.3 Å². The van der Waals surface area contributed by atoms with Crippen LogP contribution in [0, 0.1) is 4.64 Å². The molecular formula is C13H16N2S2. The van der Waals surface area contributed by atoms with E-state index >= 15 is 0 Å². The fourth-order valence-electron chi connectivity index (χ4n) is 2.45. The minimum atomic E-state index is 0.403. The Balaban J connectivity index is 2.31. The van der Waals surface area contributed by atoms with Crippen LogP contribution in [0.2, 0.25) is 0 Å². The van der Waals surface area contributed by atoms with Gasteiger partial charge >= 0.3 is 0 Å². The van der Waals surface area contributed by atoms with Gasteiger partial charge in [-0.3, -0.25) is 0 Å². The second kappa shape index (κ2) is 4.18. The monoisotopic (exact) mass is 264 g/mol. The van der Waals surface area contributed by atoms with Crippen LogP contribution in [-0.4, -0.2) is 9.97 Å². The van der Waals surface area contributed by atoms with Gasteiger partial charge in [-0.2, -0.15) is 0 Å². The van der Waals surface area contributed by atoms with Crippen LogP contribution in [0.3, 0.4) is 0 Å². The Bertz CT molecular complexity index is 622. The first kappa shape index (κ1) is 11.4. The van der Waals surface area contributed by atoms with Crippen molar-refractivity contribution >= 4 is 33.8 Å². The lowest BCUT2D eigenvalue weighted by atomic mass is 9.97. The molecule has 90 valence electrons. The summed E-state index contributed by atoms with van der Waals surface area (Å²) >= 11 is 7.36. The van der Waals surface area contributed by atoms with E-state index in [0.717, 1.165) is 15.3 Å². The number of fused-ring (bicyclic) bond motifs is 3. The molecule has 1 aliphatic rings. The molecule has 0 radical (unpaired) electrons. The first-order chi connectivity index (χ1) is 8.16. The van der Waals surface area contributed by atoms with Gasteiger partial charge in [0.25, 0.3) is 0 Å². The number of nitrogens with one attached hydrogen (secondary N) is 1. The van der Waals surface area contributed by atoms with Crippen LogP contribution in [0.1, 0.15) is 48.9 Å². The van der Waals surface area contributed by atoms with Crippen molar-refractivity contribution in [2.75, 3.05) is 0 Å². The highest BCUT2D eigenvalue weighted by Crippen LogP contribution is 2.36. The normalized spacial score (nSPS) is 15.5. The molecule has 2 heterocycles. The number of aromatic nitrogens is 2. The number of hydrogen-bond donors (Lipinski definition) is 1. The third kappa shape index (κ3) is 1.83. The second-order valence-electron chi connectivity index (χ2n) is 5.00. The van der Waals surface area contributed by atoms with Gasteiger partial charge in [0.05, 0.1) is 0 Å². The average molecular weight is 264 g/mol. The zero-order valence-corrected chi connectivity index (χ0v) is 11.8. The molecule has 2 aromatic rings. The summed E-state index contributed by atoms with van der Waals surface area (Å²) in [5, 5.41) is 1.23. The Labute approximate surface area is 110 Å². The molecule has 0 amide bonds. The predicted octanol–water partition coefficient (Wildman–Crippen LogP) is 4.36. The van der Waals surface area contributed by atoms with E-state index in [1.54, 1.807) is 0 Å². The van der Waals surface area contributed by atoms with E-state index in [1.165, 1.54) is 41.5 Å². The van der Waals surface area contributed by atoms with Crippen molar-refractivity contribution in [3.05, 3.63) is 20.9 Å². The molecule has 0 aliphatic heterocycles. The van der Waals surface area contributed by atoms with E-state index in [9.17, 15) is 0 Å². The maximum absolute atomic E-state index is 5.51. The fourth-order valence-corrected chi connectivity index (χ4v) is 4.12. The zero-order valence-electron chi connectivity index (χ0n) is 10.2. The Kier molecular flexibility index (Phi) is 2.79. The lowest BCUT2D eigenvalue weighted by molar-refractivity contribution is 0.700. The Morgan fingerprint density at radius 1 is 1.29 bits per heavy atom. The van der Waals surface area contributed by atoms with E-state index in [2.05, 4.69) is 18.8 Å². The number of H-pyrrole nitrogens is 1. The van der Waals surface area contributed by atoms with Crippen molar-refractivity contribution in [2.24, 2.45) is 0 Å². The maximum atomic E-state index is 5.51. The zero-order chi connectivity index (χ0) is 12.0. The Morgan fingerprint density at radius 2 is 2.06 bits per heavy atom. The van der Waals surface area contributed by atoms with Gasteiger partial charge in [0.15, 0.2) is 0 Å². The number of hydrogen-bond acceptors (Lipinski definition) is 3. The van der Waals surface area contributed by atoms with Crippen molar-refractivity contribution in [1.29, 1.82) is 0 Å². The summed E-state index contributed by atoms with van der Waals surface area (Å²) in [6, 6.07) is 0. The summed E-state index contributed by atoms with van der Waals surface area (Å²) in [7, 11) is 0. The van der Waals surface area contributed by atoms with Gasteiger partial charge in [0, 0.05) is 16.2 Å². The molecule has 4 heteroatoms. The summed E-state index contributed by atoms with van der Waals surface area (Å²) in [5.41, 5.74) is 1.47. The molecule has 0 fully saturated rings. The topological polar surface area (TPSA) is 28.7 Å². The van der Waals surface area contributed by atoms with Gasteiger partial charge in [0.1, 0.15) is 15.3 Å². The molecule has 1 aliphatic carbocycles. The molecule has 3 rings (SSSR count).